The predicted molar refractivity (Wildman–Crippen MR) is 83.4 cm³/mol. The van der Waals surface area contributed by atoms with E-state index in [4.69, 9.17) is 5.73 Å². The summed E-state index contributed by atoms with van der Waals surface area (Å²) in [6.07, 6.45) is 3.55. The van der Waals surface area contributed by atoms with Crippen LogP contribution >= 0.6 is 11.8 Å². The molecule has 0 saturated carbocycles. The highest BCUT2D eigenvalue weighted by atomic mass is 32.2. The number of hydrogen-bond donors (Lipinski definition) is 2. The van der Waals surface area contributed by atoms with Gasteiger partial charge in [-0.2, -0.15) is 0 Å². The van der Waals surface area contributed by atoms with E-state index in [0.29, 0.717) is 6.54 Å². The minimum atomic E-state index is -0.0130. The summed E-state index contributed by atoms with van der Waals surface area (Å²) in [5.41, 5.74) is 6.34. The van der Waals surface area contributed by atoms with Crippen LogP contribution < -0.4 is 11.1 Å². The standard InChI is InChI=1S/C15H22N2OS/c1-3-11-19-14-9-5-4-8-13(14)17-15(18)12(2)7-6-10-16/h3-5,8-9,12H,1,6-7,10-11,16H2,2H3,(H,17,18). The summed E-state index contributed by atoms with van der Waals surface area (Å²) in [4.78, 5) is 13.1. The van der Waals surface area contributed by atoms with Crippen molar-refractivity contribution in [2.24, 2.45) is 11.7 Å². The lowest BCUT2D eigenvalue weighted by Gasteiger charge is -2.14. The van der Waals surface area contributed by atoms with Crippen LogP contribution in [-0.2, 0) is 4.79 Å². The van der Waals surface area contributed by atoms with Gasteiger partial charge in [-0.3, -0.25) is 4.79 Å². The third-order valence-electron chi connectivity index (χ3n) is 2.79. The number of rotatable bonds is 8. The van der Waals surface area contributed by atoms with E-state index in [9.17, 15) is 4.79 Å². The Morgan fingerprint density at radius 2 is 2.26 bits per heavy atom. The lowest BCUT2D eigenvalue weighted by molar-refractivity contribution is -0.119. The molecule has 0 spiro atoms. The van der Waals surface area contributed by atoms with E-state index in [-0.39, 0.29) is 11.8 Å². The summed E-state index contributed by atoms with van der Waals surface area (Å²) in [5.74, 6) is 0.872. The first-order valence-corrected chi connectivity index (χ1v) is 7.51. The topological polar surface area (TPSA) is 55.1 Å². The maximum absolute atomic E-state index is 12.1. The lowest BCUT2D eigenvalue weighted by atomic mass is 10.0. The second-order valence-corrected chi connectivity index (χ2v) is 5.48. The average Bonchev–Trinajstić information content (AvgIpc) is 2.43. The Morgan fingerprint density at radius 3 is 2.95 bits per heavy atom. The van der Waals surface area contributed by atoms with Crippen LogP contribution in [0.5, 0.6) is 0 Å². The van der Waals surface area contributed by atoms with E-state index in [1.807, 2.05) is 37.3 Å². The Hall–Kier alpha value is -1.26. The molecule has 3 nitrogen and oxygen atoms in total. The zero-order valence-electron chi connectivity index (χ0n) is 11.4. The van der Waals surface area contributed by atoms with E-state index in [1.165, 1.54) is 0 Å². The highest BCUT2D eigenvalue weighted by Gasteiger charge is 2.13. The fraction of sp³-hybridized carbons (Fsp3) is 0.400. The summed E-state index contributed by atoms with van der Waals surface area (Å²) >= 11 is 1.67. The number of hydrogen-bond acceptors (Lipinski definition) is 3. The molecule has 1 rings (SSSR count). The molecule has 0 radical (unpaired) electrons. The van der Waals surface area contributed by atoms with Crippen LogP contribution in [0.15, 0.2) is 41.8 Å². The minimum Gasteiger partial charge on any atom is -0.330 e. The maximum atomic E-state index is 12.1. The van der Waals surface area contributed by atoms with Gasteiger partial charge in [0.25, 0.3) is 0 Å². The van der Waals surface area contributed by atoms with E-state index in [1.54, 1.807) is 11.8 Å². The van der Waals surface area contributed by atoms with Crippen LogP contribution in [0.1, 0.15) is 19.8 Å². The molecule has 0 aliphatic heterocycles. The van der Waals surface area contributed by atoms with Gasteiger partial charge in [0.1, 0.15) is 0 Å². The number of amides is 1. The first kappa shape index (κ1) is 15.8. The molecular formula is C15H22N2OS. The van der Waals surface area contributed by atoms with Gasteiger partial charge in [0, 0.05) is 16.6 Å². The first-order chi connectivity index (χ1) is 9.19. The third kappa shape index (κ3) is 5.49. The predicted octanol–water partition coefficient (Wildman–Crippen LogP) is 3.28. The number of para-hydroxylation sites is 1. The van der Waals surface area contributed by atoms with Gasteiger partial charge in [-0.15, -0.1) is 18.3 Å². The van der Waals surface area contributed by atoms with Gasteiger partial charge in [-0.25, -0.2) is 0 Å². The molecule has 1 amide bonds. The number of anilines is 1. The molecule has 0 bridgehead atoms. The van der Waals surface area contributed by atoms with Gasteiger partial charge >= 0.3 is 0 Å². The highest BCUT2D eigenvalue weighted by molar-refractivity contribution is 7.99. The van der Waals surface area contributed by atoms with E-state index in [0.717, 1.165) is 29.2 Å². The smallest absolute Gasteiger partial charge is 0.227 e. The molecule has 0 aliphatic rings. The second-order valence-electron chi connectivity index (χ2n) is 4.42. The summed E-state index contributed by atoms with van der Waals surface area (Å²) in [6, 6.07) is 7.84. The minimum absolute atomic E-state index is 0.0130. The molecule has 0 aromatic heterocycles. The Balaban J connectivity index is 2.64. The molecule has 0 aliphatic carbocycles. The van der Waals surface area contributed by atoms with Crippen molar-refractivity contribution >= 4 is 23.4 Å². The Bertz CT molecular complexity index is 420. The largest absolute Gasteiger partial charge is 0.330 e. The van der Waals surface area contributed by atoms with Gasteiger partial charge in [-0.1, -0.05) is 25.1 Å². The van der Waals surface area contributed by atoms with Crippen molar-refractivity contribution in [1.82, 2.24) is 0 Å². The molecule has 0 fully saturated rings. The molecule has 1 atom stereocenters. The summed E-state index contributed by atoms with van der Waals surface area (Å²) in [6.45, 7) is 6.27. The fourth-order valence-corrected chi connectivity index (χ4v) is 2.40. The number of thioether (sulfide) groups is 1. The average molecular weight is 278 g/mol. The molecule has 19 heavy (non-hydrogen) atoms. The van der Waals surface area contributed by atoms with Crippen LogP contribution in [0.4, 0.5) is 5.69 Å². The van der Waals surface area contributed by atoms with Crippen LogP contribution in [0.25, 0.3) is 0 Å². The van der Waals surface area contributed by atoms with Crippen molar-refractivity contribution < 1.29 is 4.79 Å². The third-order valence-corrected chi connectivity index (χ3v) is 3.86. The first-order valence-electron chi connectivity index (χ1n) is 6.52. The maximum Gasteiger partial charge on any atom is 0.227 e. The summed E-state index contributed by atoms with van der Waals surface area (Å²) in [5, 5.41) is 2.99. The number of nitrogens with one attached hydrogen (secondary N) is 1. The Labute approximate surface area is 119 Å². The molecule has 3 N–H and O–H groups in total. The number of nitrogens with two attached hydrogens (primary N) is 1. The van der Waals surface area contributed by atoms with Crippen molar-refractivity contribution in [2.45, 2.75) is 24.7 Å². The van der Waals surface area contributed by atoms with E-state index >= 15 is 0 Å². The van der Waals surface area contributed by atoms with E-state index < -0.39 is 0 Å². The molecule has 1 unspecified atom stereocenters. The number of carbonyl (C=O) groups is 1. The van der Waals surface area contributed by atoms with Gasteiger partial charge in [0.05, 0.1) is 5.69 Å². The molecule has 0 saturated heterocycles. The highest BCUT2D eigenvalue weighted by Crippen LogP contribution is 2.27. The van der Waals surface area contributed by atoms with Crippen LogP contribution in [-0.4, -0.2) is 18.2 Å². The van der Waals surface area contributed by atoms with Crippen molar-refractivity contribution in [3.63, 3.8) is 0 Å². The van der Waals surface area contributed by atoms with E-state index in [2.05, 4.69) is 11.9 Å². The summed E-state index contributed by atoms with van der Waals surface area (Å²) < 4.78 is 0. The Kier molecular flexibility index (Phi) is 7.30. The SMILES string of the molecule is C=CCSc1ccccc1NC(=O)C(C)CCCN. The molecule has 0 heterocycles. The van der Waals surface area contributed by atoms with Gasteiger partial charge in [0.15, 0.2) is 0 Å². The molecule has 1 aromatic rings. The number of carbonyl (C=O) groups excluding carboxylic acids is 1. The fourth-order valence-electron chi connectivity index (χ4n) is 1.66. The summed E-state index contributed by atoms with van der Waals surface area (Å²) in [7, 11) is 0. The van der Waals surface area contributed by atoms with Crippen molar-refractivity contribution in [1.29, 1.82) is 0 Å². The number of benzene rings is 1. The zero-order valence-corrected chi connectivity index (χ0v) is 12.2. The van der Waals surface area contributed by atoms with Gasteiger partial charge < -0.3 is 11.1 Å². The zero-order chi connectivity index (χ0) is 14.1. The second kappa shape index (κ2) is 8.77. The monoisotopic (exact) mass is 278 g/mol. The quantitative estimate of drug-likeness (QED) is 0.567. The van der Waals surface area contributed by atoms with Crippen LogP contribution in [0, 0.1) is 5.92 Å². The van der Waals surface area contributed by atoms with Crippen molar-refractivity contribution in [3.8, 4) is 0 Å². The molecular weight excluding hydrogens is 256 g/mol. The van der Waals surface area contributed by atoms with Crippen molar-refractivity contribution in [2.75, 3.05) is 17.6 Å². The van der Waals surface area contributed by atoms with Gasteiger partial charge in [-0.05, 0) is 31.5 Å². The van der Waals surface area contributed by atoms with Gasteiger partial charge in [0.2, 0.25) is 5.91 Å². The lowest BCUT2D eigenvalue weighted by Crippen LogP contribution is -2.21. The van der Waals surface area contributed by atoms with Crippen molar-refractivity contribution in [3.05, 3.63) is 36.9 Å². The normalized spacial score (nSPS) is 11.9. The molecule has 104 valence electrons. The van der Waals surface area contributed by atoms with Crippen LogP contribution in [0.3, 0.4) is 0 Å². The molecule has 1 aromatic carbocycles. The van der Waals surface area contributed by atoms with Crippen LogP contribution in [0.2, 0.25) is 0 Å². The molecule has 4 heteroatoms. The Morgan fingerprint density at radius 1 is 1.53 bits per heavy atom.